The number of nitrogens with zero attached hydrogens (tertiary/aromatic N) is 1. The van der Waals surface area contributed by atoms with Gasteiger partial charge in [0.25, 0.3) is 0 Å². The number of benzene rings is 1. The smallest absolute Gasteiger partial charge is 0.165 e. The lowest BCUT2D eigenvalue weighted by Crippen LogP contribution is -2.31. The number of ether oxygens (including phenoxy) is 1. The molecule has 1 atom stereocenters. The molecule has 0 fully saturated rings. The summed E-state index contributed by atoms with van der Waals surface area (Å²) in [6.07, 6.45) is 1.09. The number of pyridine rings is 1. The zero-order chi connectivity index (χ0) is 15.1. The van der Waals surface area contributed by atoms with E-state index < -0.39 is 11.9 Å². The molecule has 2 aromatic rings. The first-order chi connectivity index (χ1) is 10.1. The molecule has 1 heterocycles. The lowest BCUT2D eigenvalue weighted by Gasteiger charge is -2.13. The minimum absolute atomic E-state index is 0.0417. The third-order valence-electron chi connectivity index (χ3n) is 2.95. The monoisotopic (exact) mass is 290 g/mol. The van der Waals surface area contributed by atoms with E-state index in [1.807, 2.05) is 19.1 Å². The van der Waals surface area contributed by atoms with Crippen molar-refractivity contribution in [2.24, 2.45) is 0 Å². The molecule has 0 aliphatic carbocycles. The third-order valence-corrected chi connectivity index (χ3v) is 2.95. The van der Waals surface area contributed by atoms with Gasteiger partial charge in [0.05, 0.1) is 0 Å². The molecule has 1 aromatic heterocycles. The summed E-state index contributed by atoms with van der Waals surface area (Å²) in [4.78, 5) is 4.19. The average Bonchev–Trinajstić information content (AvgIpc) is 2.48. The van der Waals surface area contributed by atoms with Crippen LogP contribution in [0.3, 0.4) is 0 Å². The molecule has 0 aliphatic rings. The molecule has 5 heteroatoms. The Kier molecular flexibility index (Phi) is 5.66. The third kappa shape index (κ3) is 5.13. The topological polar surface area (TPSA) is 54.4 Å². The van der Waals surface area contributed by atoms with Gasteiger partial charge in [-0.15, -0.1) is 0 Å². The van der Waals surface area contributed by atoms with Gasteiger partial charge in [-0.05, 0) is 30.7 Å². The summed E-state index contributed by atoms with van der Waals surface area (Å²) in [7, 11) is 0. The molecule has 4 nitrogen and oxygen atoms in total. The Bertz CT molecular complexity index is 560. The van der Waals surface area contributed by atoms with Crippen molar-refractivity contribution in [1.29, 1.82) is 0 Å². The summed E-state index contributed by atoms with van der Waals surface area (Å²) >= 11 is 0. The Labute approximate surface area is 123 Å². The van der Waals surface area contributed by atoms with E-state index in [0.29, 0.717) is 13.1 Å². The van der Waals surface area contributed by atoms with Crippen LogP contribution in [-0.2, 0) is 6.54 Å². The zero-order valence-corrected chi connectivity index (χ0v) is 11.9. The highest BCUT2D eigenvalue weighted by Gasteiger charge is 2.07. The predicted molar refractivity (Wildman–Crippen MR) is 78.6 cm³/mol. The lowest BCUT2D eigenvalue weighted by molar-refractivity contribution is 0.104. The van der Waals surface area contributed by atoms with Crippen molar-refractivity contribution in [3.63, 3.8) is 0 Å². The molecule has 0 bridgehead atoms. The SMILES string of the molecule is Cc1ccc(CNCC(O)COc2ccccc2F)cn1. The molecule has 1 aromatic carbocycles. The van der Waals surface area contributed by atoms with Gasteiger partial charge in [0.15, 0.2) is 11.6 Å². The molecule has 0 saturated carbocycles. The number of hydrogen-bond donors (Lipinski definition) is 2. The van der Waals surface area contributed by atoms with Gasteiger partial charge in [0, 0.05) is 25.0 Å². The van der Waals surface area contributed by atoms with E-state index in [1.54, 1.807) is 18.3 Å². The van der Waals surface area contributed by atoms with E-state index in [4.69, 9.17) is 4.74 Å². The van der Waals surface area contributed by atoms with E-state index in [2.05, 4.69) is 10.3 Å². The van der Waals surface area contributed by atoms with Crippen LogP contribution in [0.4, 0.5) is 4.39 Å². The van der Waals surface area contributed by atoms with Crippen LogP contribution in [-0.4, -0.2) is 29.3 Å². The van der Waals surface area contributed by atoms with Crippen LogP contribution in [0.1, 0.15) is 11.3 Å². The van der Waals surface area contributed by atoms with E-state index >= 15 is 0 Å². The first-order valence-electron chi connectivity index (χ1n) is 6.83. The largest absolute Gasteiger partial charge is 0.488 e. The van der Waals surface area contributed by atoms with Gasteiger partial charge in [0.1, 0.15) is 12.7 Å². The van der Waals surface area contributed by atoms with Gasteiger partial charge in [0.2, 0.25) is 0 Å². The van der Waals surface area contributed by atoms with Gasteiger partial charge >= 0.3 is 0 Å². The summed E-state index contributed by atoms with van der Waals surface area (Å²) in [5.41, 5.74) is 2.01. The molecule has 2 rings (SSSR count). The summed E-state index contributed by atoms with van der Waals surface area (Å²) in [6.45, 7) is 2.95. The Morgan fingerprint density at radius 2 is 2.10 bits per heavy atom. The number of hydrogen-bond acceptors (Lipinski definition) is 4. The minimum atomic E-state index is -0.706. The Morgan fingerprint density at radius 1 is 1.29 bits per heavy atom. The standard InChI is InChI=1S/C16H19FN2O2/c1-12-6-7-13(9-19-12)8-18-10-14(20)11-21-16-5-3-2-4-15(16)17/h2-7,9,14,18,20H,8,10-11H2,1H3. The number of rotatable bonds is 7. The molecular formula is C16H19FN2O2. The number of nitrogens with one attached hydrogen (secondary N) is 1. The van der Waals surface area contributed by atoms with Crippen molar-refractivity contribution >= 4 is 0 Å². The van der Waals surface area contributed by atoms with Gasteiger partial charge in [-0.1, -0.05) is 18.2 Å². The Hall–Kier alpha value is -1.98. The van der Waals surface area contributed by atoms with E-state index in [9.17, 15) is 9.50 Å². The number of aryl methyl sites for hydroxylation is 1. The Balaban J connectivity index is 1.69. The molecule has 1 unspecified atom stereocenters. The van der Waals surface area contributed by atoms with Crippen LogP contribution in [0, 0.1) is 12.7 Å². The maximum atomic E-state index is 13.3. The fraction of sp³-hybridized carbons (Fsp3) is 0.312. The van der Waals surface area contributed by atoms with Crippen molar-refractivity contribution in [2.45, 2.75) is 19.6 Å². The first-order valence-corrected chi connectivity index (χ1v) is 6.83. The maximum Gasteiger partial charge on any atom is 0.165 e. The fourth-order valence-electron chi connectivity index (χ4n) is 1.79. The second kappa shape index (κ2) is 7.71. The molecule has 0 saturated heterocycles. The van der Waals surface area contributed by atoms with Gasteiger partial charge in [-0.25, -0.2) is 4.39 Å². The van der Waals surface area contributed by atoms with Crippen molar-refractivity contribution in [1.82, 2.24) is 10.3 Å². The van der Waals surface area contributed by atoms with Crippen LogP contribution in [0.15, 0.2) is 42.6 Å². The molecule has 21 heavy (non-hydrogen) atoms. The van der Waals surface area contributed by atoms with E-state index in [-0.39, 0.29) is 12.4 Å². The lowest BCUT2D eigenvalue weighted by atomic mass is 10.2. The molecule has 2 N–H and O–H groups in total. The van der Waals surface area contributed by atoms with E-state index in [1.165, 1.54) is 12.1 Å². The average molecular weight is 290 g/mol. The summed E-state index contributed by atoms with van der Waals surface area (Å²) < 4.78 is 18.6. The molecule has 0 amide bonds. The van der Waals surface area contributed by atoms with Crippen LogP contribution in [0.5, 0.6) is 5.75 Å². The van der Waals surface area contributed by atoms with Crippen molar-refractivity contribution in [3.05, 3.63) is 59.7 Å². The van der Waals surface area contributed by atoms with Crippen LogP contribution in [0.2, 0.25) is 0 Å². The quantitative estimate of drug-likeness (QED) is 0.819. The fourth-order valence-corrected chi connectivity index (χ4v) is 1.79. The van der Waals surface area contributed by atoms with Crippen molar-refractivity contribution in [3.8, 4) is 5.75 Å². The molecule has 112 valence electrons. The van der Waals surface area contributed by atoms with Crippen molar-refractivity contribution < 1.29 is 14.2 Å². The molecular weight excluding hydrogens is 271 g/mol. The number of aliphatic hydroxyl groups excluding tert-OH is 1. The van der Waals surface area contributed by atoms with Crippen molar-refractivity contribution in [2.75, 3.05) is 13.2 Å². The summed E-state index contributed by atoms with van der Waals surface area (Å²) in [6, 6.07) is 10.1. The molecule has 0 radical (unpaired) electrons. The van der Waals surface area contributed by atoms with Gasteiger partial charge < -0.3 is 15.2 Å². The number of halogens is 1. The van der Waals surface area contributed by atoms with E-state index in [0.717, 1.165) is 11.3 Å². The number of para-hydroxylation sites is 1. The second-order valence-electron chi connectivity index (χ2n) is 4.83. The molecule has 0 spiro atoms. The molecule has 0 aliphatic heterocycles. The van der Waals surface area contributed by atoms with Gasteiger partial charge in [-0.3, -0.25) is 4.98 Å². The first kappa shape index (κ1) is 15.4. The van der Waals surface area contributed by atoms with Crippen LogP contribution in [0.25, 0.3) is 0 Å². The number of aromatic nitrogens is 1. The minimum Gasteiger partial charge on any atom is -0.488 e. The second-order valence-corrected chi connectivity index (χ2v) is 4.83. The normalized spacial score (nSPS) is 12.1. The highest BCUT2D eigenvalue weighted by atomic mass is 19.1. The summed E-state index contributed by atoms with van der Waals surface area (Å²) in [5, 5.41) is 12.9. The highest BCUT2D eigenvalue weighted by molar-refractivity contribution is 5.23. The maximum absolute atomic E-state index is 13.3. The van der Waals surface area contributed by atoms with Gasteiger partial charge in [-0.2, -0.15) is 0 Å². The van der Waals surface area contributed by atoms with Crippen LogP contribution >= 0.6 is 0 Å². The Morgan fingerprint density at radius 3 is 2.81 bits per heavy atom. The predicted octanol–water partition coefficient (Wildman–Crippen LogP) is 2.06. The highest BCUT2D eigenvalue weighted by Crippen LogP contribution is 2.15. The zero-order valence-electron chi connectivity index (χ0n) is 11.9. The summed E-state index contributed by atoms with van der Waals surface area (Å²) in [5.74, 6) is -0.275. The number of aliphatic hydroxyl groups is 1. The van der Waals surface area contributed by atoms with Crippen LogP contribution < -0.4 is 10.1 Å².